The molecule has 5 atom stereocenters. The van der Waals surface area contributed by atoms with Crippen molar-refractivity contribution in [1.29, 1.82) is 0 Å². The topological polar surface area (TPSA) is 154 Å². The summed E-state index contributed by atoms with van der Waals surface area (Å²) in [6, 6.07) is 6.26. The number of ether oxygens (including phenoxy) is 2. The van der Waals surface area contributed by atoms with Gasteiger partial charge in [0, 0.05) is 11.8 Å². The summed E-state index contributed by atoms with van der Waals surface area (Å²) >= 11 is 0. The van der Waals surface area contributed by atoms with Crippen molar-refractivity contribution in [3.8, 4) is 5.75 Å². The van der Waals surface area contributed by atoms with Gasteiger partial charge in [-0.15, -0.1) is 0 Å². The average molecular weight is 328 g/mol. The number of anilines is 1. The molecule has 0 spiro atoms. The highest BCUT2D eigenvalue weighted by molar-refractivity contribution is 5.92. The Morgan fingerprint density at radius 2 is 2.00 bits per heavy atom. The van der Waals surface area contributed by atoms with Gasteiger partial charge in [0.2, 0.25) is 12.2 Å². The highest BCUT2D eigenvalue weighted by atomic mass is 16.7. The first kappa shape index (κ1) is 17.6. The summed E-state index contributed by atoms with van der Waals surface area (Å²) in [7, 11) is 0. The van der Waals surface area contributed by atoms with E-state index in [1.165, 1.54) is 6.07 Å². The molecule has 0 aromatic heterocycles. The van der Waals surface area contributed by atoms with Gasteiger partial charge in [0.15, 0.2) is 0 Å². The fraction of sp³-hybridized carbons (Fsp3) is 0.500. The van der Waals surface area contributed by atoms with Crippen molar-refractivity contribution in [2.45, 2.75) is 30.7 Å². The molecule has 0 bridgehead atoms. The Kier molecular flexibility index (Phi) is 5.88. The molecule has 1 aliphatic heterocycles. The van der Waals surface area contributed by atoms with Crippen LogP contribution in [-0.4, -0.2) is 70.2 Å². The van der Waals surface area contributed by atoms with Gasteiger partial charge in [0.05, 0.1) is 13.2 Å². The van der Waals surface area contributed by atoms with E-state index < -0.39 is 37.3 Å². The maximum Gasteiger partial charge on any atom is 0.238 e. The van der Waals surface area contributed by atoms with Crippen LogP contribution in [0.5, 0.6) is 5.75 Å². The number of hydrogen-bond donors (Lipinski definition) is 6. The van der Waals surface area contributed by atoms with Crippen LogP contribution in [0.1, 0.15) is 0 Å². The number of benzene rings is 1. The second-order valence-corrected chi connectivity index (χ2v) is 5.10. The summed E-state index contributed by atoms with van der Waals surface area (Å²) in [5.41, 5.74) is 5.65. The zero-order valence-electron chi connectivity index (χ0n) is 12.2. The van der Waals surface area contributed by atoms with Crippen molar-refractivity contribution in [1.82, 2.24) is 0 Å². The number of aliphatic hydroxyl groups excluding tert-OH is 4. The molecular weight excluding hydrogens is 308 g/mol. The third-order valence-electron chi connectivity index (χ3n) is 3.40. The Bertz CT molecular complexity index is 540. The molecule has 7 N–H and O–H groups in total. The molecule has 0 saturated carbocycles. The molecule has 3 unspecified atom stereocenters. The molecule has 1 fully saturated rings. The van der Waals surface area contributed by atoms with E-state index in [4.69, 9.17) is 20.3 Å². The maximum absolute atomic E-state index is 11.3. The molecule has 1 aromatic carbocycles. The summed E-state index contributed by atoms with van der Waals surface area (Å²) in [4.78, 5) is 11.3. The van der Waals surface area contributed by atoms with Gasteiger partial charge in [-0.3, -0.25) is 4.79 Å². The molecule has 1 aliphatic rings. The number of nitrogens with one attached hydrogen (secondary N) is 1. The van der Waals surface area contributed by atoms with Crippen LogP contribution >= 0.6 is 0 Å². The van der Waals surface area contributed by atoms with Crippen LogP contribution in [0.4, 0.5) is 5.69 Å². The lowest BCUT2D eigenvalue weighted by Crippen LogP contribution is -2.60. The van der Waals surface area contributed by atoms with Crippen molar-refractivity contribution in [3.05, 3.63) is 24.3 Å². The molecule has 0 radical (unpaired) electrons. The summed E-state index contributed by atoms with van der Waals surface area (Å²) in [5, 5.41) is 41.0. The Labute approximate surface area is 132 Å². The van der Waals surface area contributed by atoms with Gasteiger partial charge in [0.1, 0.15) is 30.2 Å². The van der Waals surface area contributed by atoms with Crippen molar-refractivity contribution >= 4 is 11.6 Å². The van der Waals surface area contributed by atoms with Gasteiger partial charge in [-0.25, -0.2) is 0 Å². The van der Waals surface area contributed by atoms with Gasteiger partial charge < -0.3 is 41.0 Å². The monoisotopic (exact) mass is 328 g/mol. The molecule has 23 heavy (non-hydrogen) atoms. The predicted molar refractivity (Wildman–Crippen MR) is 78.5 cm³/mol. The number of aliphatic hydroxyl groups is 4. The van der Waals surface area contributed by atoms with Crippen LogP contribution in [0, 0.1) is 0 Å². The van der Waals surface area contributed by atoms with E-state index in [0.29, 0.717) is 5.69 Å². The van der Waals surface area contributed by atoms with Crippen molar-refractivity contribution < 1.29 is 34.7 Å². The smallest absolute Gasteiger partial charge is 0.238 e. The van der Waals surface area contributed by atoms with Crippen molar-refractivity contribution in [3.63, 3.8) is 0 Å². The van der Waals surface area contributed by atoms with E-state index in [1.54, 1.807) is 18.2 Å². The van der Waals surface area contributed by atoms with Crippen LogP contribution in [0.2, 0.25) is 0 Å². The highest BCUT2D eigenvalue weighted by Gasteiger charge is 2.44. The minimum absolute atomic E-state index is 0.169. The highest BCUT2D eigenvalue weighted by Crippen LogP contribution is 2.25. The molecule has 9 nitrogen and oxygen atoms in total. The molecule has 1 aromatic rings. The van der Waals surface area contributed by atoms with E-state index in [0.717, 1.165) is 0 Å². The quantitative estimate of drug-likeness (QED) is 0.355. The lowest BCUT2D eigenvalue weighted by Gasteiger charge is -2.39. The summed E-state index contributed by atoms with van der Waals surface area (Å²) < 4.78 is 10.7. The maximum atomic E-state index is 11.3. The number of carbonyl (C=O) groups excluding carboxylic acids is 1. The molecule has 1 saturated heterocycles. The summed E-state index contributed by atoms with van der Waals surface area (Å²) in [6.45, 7) is -0.713. The van der Waals surface area contributed by atoms with Gasteiger partial charge in [-0.05, 0) is 12.1 Å². The molecular formula is C14H20N2O7. The fourth-order valence-corrected chi connectivity index (χ4v) is 2.16. The Morgan fingerprint density at radius 3 is 2.65 bits per heavy atom. The summed E-state index contributed by atoms with van der Waals surface area (Å²) in [6.07, 6.45) is -6.82. The molecule has 0 aliphatic carbocycles. The average Bonchev–Trinajstić information content (AvgIpc) is 2.55. The predicted octanol–water partition coefficient (Wildman–Crippen LogP) is -2.24. The third-order valence-corrected chi connectivity index (χ3v) is 3.40. The van der Waals surface area contributed by atoms with Crippen molar-refractivity contribution in [2.75, 3.05) is 18.5 Å². The zero-order valence-corrected chi connectivity index (χ0v) is 12.2. The van der Waals surface area contributed by atoms with Crippen LogP contribution in [-0.2, 0) is 9.53 Å². The zero-order chi connectivity index (χ0) is 17.0. The lowest BCUT2D eigenvalue weighted by atomic mass is 9.99. The minimum atomic E-state index is -1.52. The van der Waals surface area contributed by atoms with Crippen LogP contribution in [0.3, 0.4) is 0 Å². The van der Waals surface area contributed by atoms with Crippen LogP contribution < -0.4 is 15.8 Å². The molecule has 128 valence electrons. The normalized spacial score (nSPS) is 30.7. The summed E-state index contributed by atoms with van der Waals surface area (Å²) in [5.74, 6) is -0.126. The van der Waals surface area contributed by atoms with Crippen molar-refractivity contribution in [2.24, 2.45) is 5.73 Å². The standard InChI is InChI=1S/C14H20N2O7/c15-5-10(18)16-7-2-1-3-8(4-7)22-14-13(21)12(20)11(19)9(6-17)23-14/h1-4,9,11-14,17,19-21H,5-6,15H2,(H,16,18)/t9?,11-,12?,13?,14-/m0/s1. The lowest BCUT2D eigenvalue weighted by molar-refractivity contribution is -0.277. The van der Waals surface area contributed by atoms with E-state index in [9.17, 15) is 20.1 Å². The van der Waals surface area contributed by atoms with Crippen LogP contribution in [0.25, 0.3) is 0 Å². The molecule has 2 rings (SSSR count). The molecule has 1 amide bonds. The Morgan fingerprint density at radius 1 is 1.26 bits per heavy atom. The number of amides is 1. The first-order chi connectivity index (χ1) is 11.0. The number of carbonyl (C=O) groups is 1. The number of nitrogens with two attached hydrogens (primary N) is 1. The van der Waals surface area contributed by atoms with Crippen LogP contribution in [0.15, 0.2) is 24.3 Å². The largest absolute Gasteiger partial charge is 0.462 e. The number of rotatable bonds is 5. The van der Waals surface area contributed by atoms with E-state index in [2.05, 4.69) is 5.32 Å². The second kappa shape index (κ2) is 7.68. The van der Waals surface area contributed by atoms with E-state index in [1.807, 2.05) is 0 Å². The van der Waals surface area contributed by atoms with E-state index in [-0.39, 0.29) is 18.2 Å². The van der Waals surface area contributed by atoms with E-state index >= 15 is 0 Å². The first-order valence-corrected chi connectivity index (χ1v) is 7.03. The van der Waals surface area contributed by atoms with Gasteiger partial charge in [-0.1, -0.05) is 6.07 Å². The van der Waals surface area contributed by atoms with Gasteiger partial charge >= 0.3 is 0 Å². The third kappa shape index (κ3) is 4.16. The number of hydrogen-bond acceptors (Lipinski definition) is 8. The fourth-order valence-electron chi connectivity index (χ4n) is 2.16. The van der Waals surface area contributed by atoms with Gasteiger partial charge in [-0.2, -0.15) is 0 Å². The molecule has 9 heteroatoms. The SMILES string of the molecule is NCC(=O)Nc1cccc(O[C@H]2OC(CO)[C@H](O)C(O)C2O)c1. The minimum Gasteiger partial charge on any atom is -0.462 e. The van der Waals surface area contributed by atoms with Gasteiger partial charge in [0.25, 0.3) is 0 Å². The first-order valence-electron chi connectivity index (χ1n) is 7.03. The molecule has 1 heterocycles. The Balaban J connectivity index is 2.08. The Hall–Kier alpha value is -1.75. The second-order valence-electron chi connectivity index (χ2n) is 5.10.